The van der Waals surface area contributed by atoms with Crippen LogP contribution in [0.3, 0.4) is 0 Å². The van der Waals surface area contributed by atoms with Gasteiger partial charge in [-0.25, -0.2) is 0 Å². The smallest absolute Gasteiger partial charge is 0.143 e. The molecule has 1 heteroatoms. The van der Waals surface area contributed by atoms with Crippen LogP contribution in [-0.2, 0) is 0 Å². The molecular weight excluding hydrogens is 677 g/mol. The van der Waals surface area contributed by atoms with E-state index in [9.17, 15) is 0 Å². The number of fused-ring (bicyclic) bond motifs is 5. The van der Waals surface area contributed by atoms with E-state index >= 15 is 0 Å². The standard InChI is InChI=1S/C55H32O/c1-31-47(39-21-27-50-49(28-39)46-26-16-32-6-2-3-11-42(32)55(46)56-50)29-40(41-22-17-37-14-12-33-7-4-9-35-19-24-44(41)53(37)51(33)35)30-48(31)43-23-18-38-15-13-34-8-5-10-36-20-25-45(43)54(38)52(34)36/h2-30H,1H3. The lowest BCUT2D eigenvalue weighted by atomic mass is 9.83. The number of furan rings is 1. The highest BCUT2D eigenvalue weighted by molar-refractivity contribution is 6.27. The molecule has 12 aromatic carbocycles. The summed E-state index contributed by atoms with van der Waals surface area (Å²) in [5.41, 5.74) is 10.5. The Hall–Kier alpha value is -7.22. The number of hydrogen-bond donors (Lipinski definition) is 0. The third-order valence-electron chi connectivity index (χ3n) is 12.7. The fourth-order valence-electron chi connectivity index (χ4n) is 10.1. The van der Waals surface area contributed by atoms with E-state index in [1.807, 2.05) is 0 Å². The first-order valence-corrected chi connectivity index (χ1v) is 19.5. The average molecular weight is 709 g/mol. The van der Waals surface area contributed by atoms with E-state index in [2.05, 4.69) is 183 Å². The van der Waals surface area contributed by atoms with Crippen molar-refractivity contribution in [2.24, 2.45) is 0 Å². The minimum atomic E-state index is 0.910. The molecule has 0 aliphatic heterocycles. The Balaban J connectivity index is 1.12. The highest BCUT2D eigenvalue weighted by atomic mass is 16.3. The van der Waals surface area contributed by atoms with E-state index in [0.717, 1.165) is 27.3 Å². The molecule has 0 bridgehead atoms. The van der Waals surface area contributed by atoms with Crippen LogP contribution < -0.4 is 0 Å². The van der Waals surface area contributed by atoms with Gasteiger partial charge in [0.15, 0.2) is 0 Å². The largest absolute Gasteiger partial charge is 0.455 e. The maximum atomic E-state index is 6.58. The lowest BCUT2D eigenvalue weighted by molar-refractivity contribution is 0.672. The average Bonchev–Trinajstić information content (AvgIpc) is 3.63. The summed E-state index contributed by atoms with van der Waals surface area (Å²) < 4.78 is 6.58. The van der Waals surface area contributed by atoms with Crippen molar-refractivity contribution in [1.29, 1.82) is 0 Å². The van der Waals surface area contributed by atoms with Crippen molar-refractivity contribution >= 4 is 97.3 Å². The molecule has 0 aliphatic carbocycles. The van der Waals surface area contributed by atoms with Crippen molar-refractivity contribution in [3.05, 3.63) is 181 Å². The zero-order chi connectivity index (χ0) is 36.6. The molecule has 0 unspecified atom stereocenters. The Bertz CT molecular complexity index is 3740. The van der Waals surface area contributed by atoms with Gasteiger partial charge in [0.05, 0.1) is 0 Å². The molecule has 0 radical (unpaired) electrons. The van der Waals surface area contributed by atoms with Crippen LogP contribution in [0.1, 0.15) is 5.56 Å². The van der Waals surface area contributed by atoms with Gasteiger partial charge in [-0.2, -0.15) is 0 Å². The Morgan fingerprint density at radius 3 is 1.52 bits per heavy atom. The van der Waals surface area contributed by atoms with E-state index in [1.165, 1.54) is 109 Å². The highest BCUT2D eigenvalue weighted by Crippen LogP contribution is 2.46. The Labute approximate surface area is 322 Å². The first kappa shape index (κ1) is 30.1. The van der Waals surface area contributed by atoms with E-state index in [4.69, 9.17) is 4.42 Å². The topological polar surface area (TPSA) is 13.1 Å². The molecule has 0 saturated heterocycles. The van der Waals surface area contributed by atoms with Crippen LogP contribution >= 0.6 is 0 Å². The molecule has 56 heavy (non-hydrogen) atoms. The second-order valence-corrected chi connectivity index (χ2v) is 15.6. The summed E-state index contributed by atoms with van der Waals surface area (Å²) in [5, 5.41) is 20.2. The van der Waals surface area contributed by atoms with Crippen molar-refractivity contribution in [2.75, 3.05) is 0 Å². The van der Waals surface area contributed by atoms with Gasteiger partial charge in [-0.1, -0.05) is 146 Å². The maximum absolute atomic E-state index is 6.58. The van der Waals surface area contributed by atoms with Crippen molar-refractivity contribution in [2.45, 2.75) is 6.92 Å². The monoisotopic (exact) mass is 708 g/mol. The molecule has 1 heterocycles. The van der Waals surface area contributed by atoms with Crippen molar-refractivity contribution in [3.63, 3.8) is 0 Å². The lowest BCUT2D eigenvalue weighted by Gasteiger charge is -2.20. The molecule has 0 N–H and O–H groups in total. The third-order valence-corrected chi connectivity index (χ3v) is 12.7. The zero-order valence-electron chi connectivity index (χ0n) is 30.7. The molecule has 258 valence electrons. The molecule has 13 aromatic rings. The third kappa shape index (κ3) is 4.04. The van der Waals surface area contributed by atoms with Crippen LogP contribution in [0.2, 0.25) is 0 Å². The van der Waals surface area contributed by atoms with Crippen LogP contribution in [0.15, 0.2) is 180 Å². The molecule has 1 nitrogen and oxygen atoms in total. The van der Waals surface area contributed by atoms with Gasteiger partial charge >= 0.3 is 0 Å². The zero-order valence-corrected chi connectivity index (χ0v) is 30.7. The molecule has 13 rings (SSSR count). The van der Waals surface area contributed by atoms with Gasteiger partial charge in [-0.05, 0) is 146 Å². The van der Waals surface area contributed by atoms with E-state index in [-0.39, 0.29) is 0 Å². The molecule has 0 aliphatic rings. The van der Waals surface area contributed by atoms with Gasteiger partial charge in [0, 0.05) is 16.2 Å². The lowest BCUT2D eigenvalue weighted by Crippen LogP contribution is -1.94. The summed E-state index contributed by atoms with van der Waals surface area (Å²) in [6, 6.07) is 65.5. The second kappa shape index (κ2) is 10.9. The maximum Gasteiger partial charge on any atom is 0.143 e. The summed E-state index contributed by atoms with van der Waals surface area (Å²) in [5.74, 6) is 0. The van der Waals surface area contributed by atoms with Gasteiger partial charge < -0.3 is 4.42 Å². The summed E-state index contributed by atoms with van der Waals surface area (Å²) >= 11 is 0. The van der Waals surface area contributed by atoms with Crippen LogP contribution in [0.5, 0.6) is 0 Å². The van der Waals surface area contributed by atoms with Gasteiger partial charge in [-0.3, -0.25) is 0 Å². The van der Waals surface area contributed by atoms with Crippen molar-refractivity contribution < 1.29 is 4.42 Å². The number of benzene rings is 12. The van der Waals surface area contributed by atoms with Gasteiger partial charge in [-0.15, -0.1) is 0 Å². The van der Waals surface area contributed by atoms with Gasteiger partial charge in [0.25, 0.3) is 0 Å². The molecule has 0 atom stereocenters. The Morgan fingerprint density at radius 1 is 0.304 bits per heavy atom. The fourth-order valence-corrected chi connectivity index (χ4v) is 10.1. The second-order valence-electron chi connectivity index (χ2n) is 15.6. The minimum Gasteiger partial charge on any atom is -0.455 e. The summed E-state index contributed by atoms with van der Waals surface area (Å²) in [7, 11) is 0. The van der Waals surface area contributed by atoms with E-state index < -0.39 is 0 Å². The molecule has 0 fully saturated rings. The Kier molecular flexibility index (Phi) is 5.89. The summed E-state index contributed by atoms with van der Waals surface area (Å²) in [6.07, 6.45) is 0. The van der Waals surface area contributed by atoms with Crippen molar-refractivity contribution in [1.82, 2.24) is 0 Å². The highest BCUT2D eigenvalue weighted by Gasteiger charge is 2.20. The summed E-state index contributed by atoms with van der Waals surface area (Å²) in [6.45, 7) is 2.31. The van der Waals surface area contributed by atoms with Crippen LogP contribution in [0.4, 0.5) is 0 Å². The van der Waals surface area contributed by atoms with Crippen molar-refractivity contribution in [3.8, 4) is 33.4 Å². The first-order chi connectivity index (χ1) is 27.7. The molecular formula is C55H32O. The summed E-state index contributed by atoms with van der Waals surface area (Å²) in [4.78, 5) is 0. The molecule has 1 aromatic heterocycles. The SMILES string of the molecule is Cc1c(-c2ccc3oc4c5ccccc5ccc4c3c2)cc(-c2ccc3ccc4cccc5ccc2c3c45)cc1-c1ccc2ccc3cccc4ccc1c2c34. The predicted molar refractivity (Wildman–Crippen MR) is 240 cm³/mol. The van der Waals surface area contributed by atoms with E-state index in [0.29, 0.717) is 0 Å². The fraction of sp³-hybridized carbons (Fsp3) is 0.0182. The predicted octanol–water partition coefficient (Wildman–Crippen LogP) is 15.8. The number of hydrogen-bond acceptors (Lipinski definition) is 1. The number of rotatable bonds is 3. The van der Waals surface area contributed by atoms with Gasteiger partial charge in [0.2, 0.25) is 0 Å². The van der Waals surface area contributed by atoms with Gasteiger partial charge in [0.1, 0.15) is 11.2 Å². The Morgan fingerprint density at radius 2 is 0.821 bits per heavy atom. The normalized spacial score (nSPS) is 12.4. The van der Waals surface area contributed by atoms with E-state index in [1.54, 1.807) is 0 Å². The first-order valence-electron chi connectivity index (χ1n) is 19.5. The quantitative estimate of drug-likeness (QED) is 0.167. The van der Waals surface area contributed by atoms with Crippen LogP contribution in [0.25, 0.3) is 131 Å². The molecule has 0 amide bonds. The van der Waals surface area contributed by atoms with Crippen LogP contribution in [-0.4, -0.2) is 0 Å². The molecule has 0 spiro atoms. The van der Waals surface area contributed by atoms with Crippen LogP contribution in [0, 0.1) is 6.92 Å². The minimum absolute atomic E-state index is 0.910. The molecule has 0 saturated carbocycles.